The van der Waals surface area contributed by atoms with Crippen LogP contribution in [0.25, 0.3) is 0 Å². The predicted octanol–water partition coefficient (Wildman–Crippen LogP) is 2.77. The molecule has 1 saturated carbocycles. The van der Waals surface area contributed by atoms with Gasteiger partial charge in [0.25, 0.3) is 5.56 Å². The number of nitrogens with zero attached hydrogens (tertiary/aromatic N) is 3. The van der Waals surface area contributed by atoms with E-state index in [1.807, 2.05) is 0 Å². The molecule has 4 rings (SSSR count). The first kappa shape index (κ1) is 20.3. The Morgan fingerprint density at radius 1 is 1.17 bits per heavy atom. The molecule has 1 saturated heterocycles. The van der Waals surface area contributed by atoms with Crippen LogP contribution in [-0.2, 0) is 18.1 Å². The van der Waals surface area contributed by atoms with Crippen molar-refractivity contribution in [1.29, 1.82) is 0 Å². The highest BCUT2D eigenvalue weighted by Crippen LogP contribution is 2.68. The molecule has 2 aromatic rings. The highest BCUT2D eigenvalue weighted by molar-refractivity contribution is 9.10. The van der Waals surface area contributed by atoms with Crippen LogP contribution in [-0.4, -0.2) is 39.3 Å². The molecule has 2 atom stereocenters. The summed E-state index contributed by atoms with van der Waals surface area (Å²) in [4.78, 5) is 27.6. The molecule has 2 fully saturated rings. The average Bonchev–Trinajstić information content (AvgIpc) is 3.12. The zero-order chi connectivity index (χ0) is 21.0. The zero-order valence-corrected chi connectivity index (χ0v) is 17.3. The number of piperidine rings is 1. The summed E-state index contributed by atoms with van der Waals surface area (Å²) in [5.41, 5.74) is -0.818. The number of rotatable bonds is 5. The average molecular weight is 473 g/mol. The third-order valence-electron chi connectivity index (χ3n) is 6.25. The third kappa shape index (κ3) is 3.56. The van der Waals surface area contributed by atoms with E-state index in [0.717, 1.165) is 43.8 Å². The summed E-state index contributed by atoms with van der Waals surface area (Å²) < 4.78 is 39.8. The molecule has 1 aromatic heterocycles. The summed E-state index contributed by atoms with van der Waals surface area (Å²) >= 11 is 3.01. The van der Waals surface area contributed by atoms with Gasteiger partial charge in [0.2, 0.25) is 0 Å². The van der Waals surface area contributed by atoms with E-state index in [2.05, 4.69) is 37.8 Å². The van der Waals surface area contributed by atoms with Crippen molar-refractivity contribution in [3.8, 4) is 0 Å². The lowest BCUT2D eigenvalue weighted by molar-refractivity contribution is -0.137. The maximum Gasteiger partial charge on any atom is 0.416 e. The number of halogens is 4. The molecule has 0 amide bonds. The third-order valence-corrected chi connectivity index (χ3v) is 6.77. The fourth-order valence-electron chi connectivity index (χ4n) is 4.69. The molecule has 0 bridgehead atoms. The second-order valence-electron chi connectivity index (χ2n) is 8.23. The Bertz CT molecular complexity index is 1050. The molecule has 6 nitrogen and oxygen atoms in total. The van der Waals surface area contributed by atoms with Gasteiger partial charge in [-0.3, -0.25) is 9.78 Å². The zero-order valence-electron chi connectivity index (χ0n) is 15.7. The number of benzene rings is 1. The molecule has 1 unspecified atom stereocenters. The molecule has 1 aromatic carbocycles. The minimum atomic E-state index is -4.33. The topological polar surface area (TPSA) is 71.0 Å². The summed E-state index contributed by atoms with van der Waals surface area (Å²) in [6.45, 7) is 4.94. The Morgan fingerprint density at radius 2 is 1.86 bits per heavy atom. The van der Waals surface area contributed by atoms with Crippen LogP contribution in [0, 0.1) is 5.41 Å². The Labute approximate surface area is 172 Å². The first-order valence-electron chi connectivity index (χ1n) is 9.31. The molecule has 2 aliphatic rings. The van der Waals surface area contributed by atoms with Gasteiger partial charge in [-0.05, 0) is 58.4 Å². The van der Waals surface area contributed by atoms with Gasteiger partial charge in [-0.1, -0.05) is 19.1 Å². The van der Waals surface area contributed by atoms with E-state index in [1.54, 1.807) is 12.1 Å². The van der Waals surface area contributed by atoms with Gasteiger partial charge >= 0.3 is 11.9 Å². The summed E-state index contributed by atoms with van der Waals surface area (Å²) in [6.07, 6.45) is -2.69. The van der Waals surface area contributed by atoms with Crippen molar-refractivity contribution < 1.29 is 13.2 Å². The fourth-order valence-corrected chi connectivity index (χ4v) is 4.98. The van der Waals surface area contributed by atoms with Crippen LogP contribution in [0.2, 0.25) is 0 Å². The van der Waals surface area contributed by atoms with Crippen molar-refractivity contribution in [3.05, 3.63) is 60.8 Å². The summed E-state index contributed by atoms with van der Waals surface area (Å²) in [6, 6.07) is 5.55. The molecular weight excluding hydrogens is 453 g/mol. The SMILES string of the molecule is C[C@@]12CN(CCCn3nc(Br)c(=O)[nH]c3=O)CC1(c1ccc(C(F)(F)F)cc1)C2. The van der Waals surface area contributed by atoms with E-state index in [0.29, 0.717) is 13.0 Å². The summed E-state index contributed by atoms with van der Waals surface area (Å²) in [5, 5.41) is 3.93. The van der Waals surface area contributed by atoms with Gasteiger partial charge in [0.1, 0.15) is 0 Å². The van der Waals surface area contributed by atoms with Crippen LogP contribution >= 0.6 is 15.9 Å². The minimum Gasteiger partial charge on any atom is -0.302 e. The molecule has 0 radical (unpaired) electrons. The lowest BCUT2D eigenvalue weighted by atomic mass is 9.89. The number of aromatic amines is 1. The lowest BCUT2D eigenvalue weighted by Gasteiger charge is -2.21. The molecular formula is C19H20BrF3N4O2. The van der Waals surface area contributed by atoms with E-state index in [-0.39, 0.29) is 15.4 Å². The largest absolute Gasteiger partial charge is 0.416 e. The highest BCUT2D eigenvalue weighted by atomic mass is 79.9. The van der Waals surface area contributed by atoms with Crippen LogP contribution < -0.4 is 11.2 Å². The molecule has 29 heavy (non-hydrogen) atoms. The maximum absolute atomic E-state index is 12.8. The van der Waals surface area contributed by atoms with Crippen LogP contribution in [0.5, 0.6) is 0 Å². The monoisotopic (exact) mass is 472 g/mol. The lowest BCUT2D eigenvalue weighted by Crippen LogP contribution is -2.34. The first-order chi connectivity index (χ1) is 13.5. The number of aryl methyl sites for hydroxylation is 1. The number of hydrogen-bond acceptors (Lipinski definition) is 4. The van der Waals surface area contributed by atoms with Crippen LogP contribution in [0.15, 0.2) is 38.5 Å². The number of alkyl halides is 3. The number of hydrogen-bond donors (Lipinski definition) is 1. The van der Waals surface area contributed by atoms with Crippen molar-refractivity contribution >= 4 is 15.9 Å². The number of nitrogens with one attached hydrogen (secondary N) is 1. The van der Waals surface area contributed by atoms with Crippen LogP contribution in [0.1, 0.15) is 30.9 Å². The number of fused-ring (bicyclic) bond motifs is 1. The van der Waals surface area contributed by atoms with E-state index >= 15 is 0 Å². The molecule has 1 aliphatic carbocycles. The molecule has 10 heteroatoms. The Hall–Kier alpha value is -1.94. The Kier molecular flexibility index (Phi) is 4.77. The van der Waals surface area contributed by atoms with E-state index in [1.165, 1.54) is 4.68 Å². The van der Waals surface area contributed by atoms with Crippen molar-refractivity contribution in [3.63, 3.8) is 0 Å². The highest BCUT2D eigenvalue weighted by Gasteiger charge is 2.69. The fraction of sp³-hybridized carbons (Fsp3) is 0.526. The van der Waals surface area contributed by atoms with Crippen LogP contribution in [0.4, 0.5) is 13.2 Å². The van der Waals surface area contributed by atoms with Crippen molar-refractivity contribution in [2.75, 3.05) is 19.6 Å². The van der Waals surface area contributed by atoms with Gasteiger partial charge < -0.3 is 4.90 Å². The molecule has 0 spiro atoms. The number of likely N-dealkylation sites (tertiary alicyclic amines) is 1. The smallest absolute Gasteiger partial charge is 0.302 e. The number of aromatic nitrogens is 3. The number of H-pyrrole nitrogens is 1. The van der Waals surface area contributed by atoms with Crippen molar-refractivity contribution in [2.45, 2.75) is 37.9 Å². The first-order valence-corrected chi connectivity index (χ1v) is 10.1. The van der Waals surface area contributed by atoms with Gasteiger partial charge in [-0.2, -0.15) is 18.3 Å². The minimum absolute atomic E-state index is 0.0584. The van der Waals surface area contributed by atoms with Crippen molar-refractivity contribution in [1.82, 2.24) is 19.7 Å². The molecule has 1 aliphatic heterocycles. The maximum atomic E-state index is 12.8. The van der Waals surface area contributed by atoms with Gasteiger partial charge in [0.05, 0.1) is 5.56 Å². The van der Waals surface area contributed by atoms with Gasteiger partial charge in [-0.25, -0.2) is 9.48 Å². The van der Waals surface area contributed by atoms with Crippen molar-refractivity contribution in [2.24, 2.45) is 5.41 Å². The second-order valence-corrected chi connectivity index (χ2v) is 8.98. The Morgan fingerprint density at radius 3 is 2.52 bits per heavy atom. The second kappa shape index (κ2) is 6.80. The quantitative estimate of drug-likeness (QED) is 0.726. The normalized spacial score (nSPS) is 26.5. The van der Waals surface area contributed by atoms with Gasteiger partial charge in [0.15, 0.2) is 4.60 Å². The summed E-state index contributed by atoms with van der Waals surface area (Å²) in [7, 11) is 0. The predicted molar refractivity (Wildman–Crippen MR) is 104 cm³/mol. The van der Waals surface area contributed by atoms with Gasteiger partial charge in [-0.15, -0.1) is 0 Å². The van der Waals surface area contributed by atoms with E-state index in [9.17, 15) is 22.8 Å². The standard InChI is InChI=1S/C19H20BrF3N4O2/c1-17-9-18(17,12-3-5-13(6-4-12)19(21,22)23)11-26(10-17)7-2-8-27-16(29)24-15(28)14(20)25-27/h3-6H,2,7-11H2,1H3,(H,24,28,29)/t17-,18?/m1/s1. The molecule has 156 valence electrons. The molecule has 2 heterocycles. The Balaban J connectivity index is 1.40. The van der Waals surface area contributed by atoms with Crippen LogP contribution in [0.3, 0.4) is 0 Å². The van der Waals surface area contributed by atoms with Gasteiger partial charge in [0, 0.05) is 25.0 Å². The molecule has 1 N–H and O–H groups in total. The summed E-state index contributed by atoms with van der Waals surface area (Å²) in [5.74, 6) is 0. The van der Waals surface area contributed by atoms with E-state index in [4.69, 9.17) is 0 Å². The van der Waals surface area contributed by atoms with E-state index < -0.39 is 23.0 Å².